The number of methoxy groups -OCH3 is 1. The Labute approximate surface area is 151 Å². The van der Waals surface area contributed by atoms with E-state index in [1.54, 1.807) is 25.0 Å². The normalized spacial score (nSPS) is 13.1. The predicted octanol–water partition coefficient (Wildman–Crippen LogP) is 3.27. The Morgan fingerprint density at radius 1 is 1.23 bits per heavy atom. The number of rotatable bonds is 5. The number of aryl methyl sites for hydroxylation is 2. The molecule has 0 bridgehead atoms. The highest BCUT2D eigenvalue weighted by Gasteiger charge is 2.23. The Morgan fingerprint density at radius 3 is 2.69 bits per heavy atom. The van der Waals surface area contributed by atoms with Gasteiger partial charge in [0.05, 0.1) is 12.0 Å². The highest BCUT2D eigenvalue weighted by Crippen LogP contribution is 2.30. The Kier molecular flexibility index (Phi) is 5.06. The number of hydrogen-bond acceptors (Lipinski definition) is 5. The molecule has 1 aliphatic rings. The smallest absolute Gasteiger partial charge is 0.272 e. The molecule has 0 N–H and O–H groups in total. The lowest BCUT2D eigenvalue weighted by molar-refractivity contribution is -0.385. The van der Waals surface area contributed by atoms with Crippen molar-refractivity contribution in [1.29, 1.82) is 0 Å². The fourth-order valence-electron chi connectivity index (χ4n) is 3.11. The largest absolute Gasteiger partial charge is 0.497 e. The summed E-state index contributed by atoms with van der Waals surface area (Å²) in [6, 6.07) is 10.1. The van der Waals surface area contributed by atoms with Crippen LogP contribution in [0.5, 0.6) is 11.5 Å². The molecule has 0 aromatic heterocycles. The van der Waals surface area contributed by atoms with Crippen molar-refractivity contribution < 1.29 is 19.2 Å². The van der Waals surface area contributed by atoms with Gasteiger partial charge >= 0.3 is 0 Å². The van der Waals surface area contributed by atoms with Crippen LogP contribution in [0.2, 0.25) is 0 Å². The minimum absolute atomic E-state index is 0.0302. The molecule has 2 aromatic carbocycles. The van der Waals surface area contributed by atoms with Gasteiger partial charge in [0.25, 0.3) is 11.6 Å². The van der Waals surface area contributed by atoms with Crippen molar-refractivity contribution in [2.75, 3.05) is 25.2 Å². The first-order valence-electron chi connectivity index (χ1n) is 8.34. The van der Waals surface area contributed by atoms with Gasteiger partial charge in [-0.15, -0.1) is 0 Å². The van der Waals surface area contributed by atoms with Gasteiger partial charge in [-0.1, -0.05) is 0 Å². The van der Waals surface area contributed by atoms with Crippen molar-refractivity contribution in [3.8, 4) is 11.5 Å². The second-order valence-corrected chi connectivity index (χ2v) is 6.14. The summed E-state index contributed by atoms with van der Waals surface area (Å²) in [5, 5.41) is 10.9. The van der Waals surface area contributed by atoms with Gasteiger partial charge in [-0.05, 0) is 55.7 Å². The highest BCUT2D eigenvalue weighted by atomic mass is 16.6. The second kappa shape index (κ2) is 7.43. The van der Waals surface area contributed by atoms with Gasteiger partial charge in [-0.25, -0.2) is 0 Å². The highest BCUT2D eigenvalue weighted by molar-refractivity contribution is 5.95. The van der Waals surface area contributed by atoms with Crippen LogP contribution in [0.4, 0.5) is 11.4 Å². The Balaban J connectivity index is 1.70. The van der Waals surface area contributed by atoms with Crippen molar-refractivity contribution in [3.05, 3.63) is 57.6 Å². The zero-order valence-electron chi connectivity index (χ0n) is 14.7. The van der Waals surface area contributed by atoms with Crippen LogP contribution in [-0.2, 0) is 11.2 Å². The van der Waals surface area contributed by atoms with E-state index in [2.05, 4.69) is 0 Å². The van der Waals surface area contributed by atoms with Gasteiger partial charge in [0.1, 0.15) is 11.5 Å². The molecule has 0 fully saturated rings. The molecule has 0 atom stereocenters. The van der Waals surface area contributed by atoms with E-state index < -0.39 is 4.92 Å². The van der Waals surface area contributed by atoms with E-state index in [9.17, 15) is 14.9 Å². The van der Waals surface area contributed by atoms with Crippen LogP contribution in [0.15, 0.2) is 36.4 Å². The van der Waals surface area contributed by atoms with Crippen molar-refractivity contribution in [2.45, 2.75) is 19.8 Å². The van der Waals surface area contributed by atoms with E-state index in [1.807, 2.05) is 18.2 Å². The molecule has 1 heterocycles. The molecule has 2 aromatic rings. The molecule has 0 unspecified atom stereocenters. The van der Waals surface area contributed by atoms with Crippen LogP contribution in [-0.4, -0.2) is 31.1 Å². The maximum atomic E-state index is 12.6. The number of amides is 1. The quantitative estimate of drug-likeness (QED) is 0.607. The van der Waals surface area contributed by atoms with E-state index >= 15 is 0 Å². The maximum absolute atomic E-state index is 12.6. The first-order chi connectivity index (χ1) is 12.5. The summed E-state index contributed by atoms with van der Waals surface area (Å²) in [6.07, 6.45) is 1.78. The molecule has 7 nitrogen and oxygen atoms in total. The van der Waals surface area contributed by atoms with E-state index in [1.165, 1.54) is 12.1 Å². The number of hydrogen-bond donors (Lipinski definition) is 0. The number of anilines is 1. The summed E-state index contributed by atoms with van der Waals surface area (Å²) in [6.45, 7) is 2.16. The van der Waals surface area contributed by atoms with E-state index in [4.69, 9.17) is 9.47 Å². The Hall–Kier alpha value is -3.09. The van der Waals surface area contributed by atoms with Gasteiger partial charge in [-0.2, -0.15) is 0 Å². The van der Waals surface area contributed by atoms with Crippen molar-refractivity contribution >= 4 is 17.3 Å². The molecular formula is C19H20N2O5. The number of ether oxygens (including phenoxy) is 2. The van der Waals surface area contributed by atoms with Gasteiger partial charge < -0.3 is 14.4 Å². The van der Waals surface area contributed by atoms with Crippen LogP contribution >= 0.6 is 0 Å². The molecule has 0 aliphatic carbocycles. The number of fused-ring (bicyclic) bond motifs is 1. The number of nitro groups is 1. The van der Waals surface area contributed by atoms with E-state index in [0.29, 0.717) is 17.9 Å². The minimum Gasteiger partial charge on any atom is -0.497 e. The van der Waals surface area contributed by atoms with Crippen LogP contribution in [0, 0.1) is 17.0 Å². The lowest BCUT2D eigenvalue weighted by atomic mass is 10.0. The summed E-state index contributed by atoms with van der Waals surface area (Å²) >= 11 is 0. The molecule has 7 heteroatoms. The molecule has 0 radical (unpaired) electrons. The molecule has 0 saturated carbocycles. The van der Waals surface area contributed by atoms with Crippen molar-refractivity contribution in [3.63, 3.8) is 0 Å². The van der Waals surface area contributed by atoms with Crippen LogP contribution in [0.25, 0.3) is 0 Å². The summed E-state index contributed by atoms with van der Waals surface area (Å²) in [7, 11) is 1.62. The average Bonchev–Trinajstić information content (AvgIpc) is 2.64. The fourth-order valence-corrected chi connectivity index (χ4v) is 3.11. The number of benzene rings is 2. The topological polar surface area (TPSA) is 81.9 Å². The van der Waals surface area contributed by atoms with Crippen molar-refractivity contribution in [1.82, 2.24) is 0 Å². The zero-order chi connectivity index (χ0) is 18.7. The van der Waals surface area contributed by atoms with Crippen molar-refractivity contribution in [2.24, 2.45) is 0 Å². The van der Waals surface area contributed by atoms with E-state index in [0.717, 1.165) is 29.8 Å². The summed E-state index contributed by atoms with van der Waals surface area (Å²) < 4.78 is 10.8. The SMILES string of the molecule is COc1ccc2c(c1)CCCN2C(=O)COc1ccc([N+](=O)[O-])c(C)c1. The molecule has 3 rings (SSSR count). The molecule has 0 saturated heterocycles. The summed E-state index contributed by atoms with van der Waals surface area (Å²) in [5.41, 5.74) is 2.48. The first-order valence-corrected chi connectivity index (χ1v) is 8.34. The third-order valence-electron chi connectivity index (χ3n) is 4.43. The number of carbonyl (C=O) groups excluding carboxylic acids is 1. The number of nitro benzene ring substituents is 1. The number of nitrogens with zero attached hydrogens (tertiary/aromatic N) is 2. The monoisotopic (exact) mass is 356 g/mol. The van der Waals surface area contributed by atoms with E-state index in [-0.39, 0.29) is 18.2 Å². The maximum Gasteiger partial charge on any atom is 0.272 e. The van der Waals surface area contributed by atoms with Gasteiger partial charge in [0, 0.05) is 23.9 Å². The molecule has 136 valence electrons. The van der Waals surface area contributed by atoms with Crippen LogP contribution < -0.4 is 14.4 Å². The fraction of sp³-hybridized carbons (Fsp3) is 0.316. The van der Waals surface area contributed by atoms with Gasteiger partial charge in [0.2, 0.25) is 0 Å². The standard InChI is InChI=1S/C19H20N2O5/c1-13-10-16(6-7-17(13)21(23)24)26-12-19(22)20-9-3-4-14-11-15(25-2)5-8-18(14)20/h5-8,10-11H,3-4,9,12H2,1-2H3. The number of carbonyl (C=O) groups is 1. The summed E-state index contributed by atoms with van der Waals surface area (Å²) in [5.74, 6) is 1.07. The molecule has 1 aliphatic heterocycles. The van der Waals surface area contributed by atoms with Gasteiger partial charge in [-0.3, -0.25) is 14.9 Å². The Morgan fingerprint density at radius 2 is 2.00 bits per heavy atom. The summed E-state index contributed by atoms with van der Waals surface area (Å²) in [4.78, 5) is 24.8. The predicted molar refractivity (Wildman–Crippen MR) is 97.0 cm³/mol. The molecule has 26 heavy (non-hydrogen) atoms. The third-order valence-corrected chi connectivity index (χ3v) is 4.43. The lowest BCUT2D eigenvalue weighted by Gasteiger charge is -2.29. The first kappa shape index (κ1) is 17.7. The molecule has 1 amide bonds. The average molecular weight is 356 g/mol. The Bertz CT molecular complexity index is 850. The minimum atomic E-state index is -0.441. The molecule has 0 spiro atoms. The zero-order valence-corrected chi connectivity index (χ0v) is 14.7. The lowest BCUT2D eigenvalue weighted by Crippen LogP contribution is -2.38. The van der Waals surface area contributed by atoms with Crippen LogP contribution in [0.1, 0.15) is 17.5 Å². The third kappa shape index (κ3) is 3.61. The molecular weight excluding hydrogens is 336 g/mol. The second-order valence-electron chi connectivity index (χ2n) is 6.14. The van der Waals surface area contributed by atoms with Gasteiger partial charge in [0.15, 0.2) is 6.61 Å². The van der Waals surface area contributed by atoms with Crippen LogP contribution in [0.3, 0.4) is 0 Å².